The molecular formula is C16H20BrNO3. The fourth-order valence-corrected chi connectivity index (χ4v) is 2.79. The molecule has 21 heavy (non-hydrogen) atoms. The van der Waals surface area contributed by atoms with Crippen LogP contribution >= 0.6 is 15.9 Å². The van der Waals surface area contributed by atoms with Crippen LogP contribution in [-0.2, 0) is 20.7 Å². The summed E-state index contributed by atoms with van der Waals surface area (Å²) in [6.45, 7) is 6.20. The number of nitrogens with zero attached hydrogens (tertiary/aromatic N) is 1. The molecule has 1 atom stereocenters. The first-order valence-corrected chi connectivity index (χ1v) is 7.95. The predicted molar refractivity (Wildman–Crippen MR) is 85.7 cm³/mol. The van der Waals surface area contributed by atoms with E-state index in [-0.39, 0.29) is 23.1 Å². The van der Waals surface area contributed by atoms with Crippen LogP contribution in [0.15, 0.2) is 24.3 Å². The van der Waals surface area contributed by atoms with Crippen molar-refractivity contribution >= 4 is 33.5 Å². The maximum absolute atomic E-state index is 12.1. The van der Waals surface area contributed by atoms with E-state index in [1.54, 1.807) is 4.90 Å². The number of anilines is 1. The Balaban J connectivity index is 2.18. The zero-order valence-corrected chi connectivity index (χ0v) is 14.1. The van der Waals surface area contributed by atoms with Crippen LogP contribution in [0.2, 0.25) is 0 Å². The van der Waals surface area contributed by atoms with Crippen LogP contribution in [0, 0.1) is 0 Å². The standard InChI is InChI=1S/C16H20BrNO3/c1-16(2,3)21-14(19)10-11-6-4-5-7-13(11)18-9-8-12(17)15(18)20/h4-7,12H,8-10H2,1-3H3. The van der Waals surface area contributed by atoms with Crippen LogP contribution in [0.3, 0.4) is 0 Å². The molecule has 1 aromatic carbocycles. The van der Waals surface area contributed by atoms with Gasteiger partial charge in [0.15, 0.2) is 0 Å². The van der Waals surface area contributed by atoms with E-state index in [2.05, 4.69) is 15.9 Å². The van der Waals surface area contributed by atoms with Gasteiger partial charge in [0.05, 0.1) is 11.2 Å². The van der Waals surface area contributed by atoms with E-state index in [1.165, 1.54) is 0 Å². The van der Waals surface area contributed by atoms with Crippen molar-refractivity contribution in [3.8, 4) is 0 Å². The number of para-hydroxylation sites is 1. The first-order chi connectivity index (χ1) is 9.78. The number of carbonyl (C=O) groups is 2. The summed E-state index contributed by atoms with van der Waals surface area (Å²) in [4.78, 5) is 25.7. The summed E-state index contributed by atoms with van der Waals surface area (Å²) in [5, 5.41) is 0. The fourth-order valence-electron chi connectivity index (χ4n) is 2.34. The second-order valence-corrected chi connectivity index (χ2v) is 7.24. The lowest BCUT2D eigenvalue weighted by Crippen LogP contribution is -2.29. The van der Waals surface area contributed by atoms with Gasteiger partial charge in [-0.15, -0.1) is 0 Å². The highest BCUT2D eigenvalue weighted by molar-refractivity contribution is 9.10. The predicted octanol–water partition coefficient (Wildman–Crippen LogP) is 3.07. The van der Waals surface area contributed by atoms with Crippen LogP contribution < -0.4 is 4.90 Å². The molecule has 0 radical (unpaired) electrons. The summed E-state index contributed by atoms with van der Waals surface area (Å²) in [7, 11) is 0. The lowest BCUT2D eigenvalue weighted by Gasteiger charge is -2.22. The average molecular weight is 354 g/mol. The van der Waals surface area contributed by atoms with Crippen LogP contribution in [-0.4, -0.2) is 28.8 Å². The third kappa shape index (κ3) is 4.06. The van der Waals surface area contributed by atoms with E-state index >= 15 is 0 Å². The van der Waals surface area contributed by atoms with Gasteiger partial charge < -0.3 is 9.64 Å². The van der Waals surface area contributed by atoms with Crippen molar-refractivity contribution in [2.45, 2.75) is 44.0 Å². The molecule has 0 N–H and O–H groups in total. The molecule has 1 fully saturated rings. The Morgan fingerprint density at radius 2 is 2.05 bits per heavy atom. The highest BCUT2D eigenvalue weighted by Gasteiger charge is 2.31. The lowest BCUT2D eigenvalue weighted by molar-refractivity contribution is -0.153. The zero-order valence-electron chi connectivity index (χ0n) is 12.6. The molecule has 0 bridgehead atoms. The van der Waals surface area contributed by atoms with Crippen molar-refractivity contribution < 1.29 is 14.3 Å². The van der Waals surface area contributed by atoms with E-state index in [4.69, 9.17) is 4.74 Å². The van der Waals surface area contributed by atoms with Gasteiger partial charge in [0.2, 0.25) is 5.91 Å². The van der Waals surface area contributed by atoms with E-state index in [0.29, 0.717) is 6.54 Å². The van der Waals surface area contributed by atoms with E-state index < -0.39 is 5.60 Å². The molecule has 114 valence electrons. The van der Waals surface area contributed by atoms with Gasteiger partial charge in [-0.3, -0.25) is 9.59 Å². The molecule has 0 saturated carbocycles. The first kappa shape index (κ1) is 16.0. The van der Waals surface area contributed by atoms with E-state index in [0.717, 1.165) is 17.7 Å². The Kier molecular flexibility index (Phi) is 4.71. The SMILES string of the molecule is CC(C)(C)OC(=O)Cc1ccccc1N1CCC(Br)C1=O. The van der Waals surface area contributed by atoms with Crippen LogP contribution in [0.25, 0.3) is 0 Å². The van der Waals surface area contributed by atoms with Crippen LogP contribution in [0.4, 0.5) is 5.69 Å². The maximum Gasteiger partial charge on any atom is 0.310 e. The minimum atomic E-state index is -0.504. The Labute approximate surface area is 133 Å². The number of benzene rings is 1. The molecule has 1 aliphatic rings. The number of alkyl halides is 1. The Hall–Kier alpha value is -1.36. The van der Waals surface area contributed by atoms with Crippen LogP contribution in [0.5, 0.6) is 0 Å². The van der Waals surface area contributed by atoms with Gasteiger partial charge >= 0.3 is 5.97 Å². The van der Waals surface area contributed by atoms with Gasteiger partial charge in [0, 0.05) is 12.2 Å². The maximum atomic E-state index is 12.1. The minimum Gasteiger partial charge on any atom is -0.460 e. The molecule has 0 spiro atoms. The molecule has 1 unspecified atom stereocenters. The monoisotopic (exact) mass is 353 g/mol. The molecule has 1 aliphatic heterocycles. The van der Waals surface area contributed by atoms with Gasteiger partial charge in [0.25, 0.3) is 0 Å². The van der Waals surface area contributed by atoms with Crippen molar-refractivity contribution in [1.29, 1.82) is 0 Å². The van der Waals surface area contributed by atoms with Crippen LogP contribution in [0.1, 0.15) is 32.8 Å². The number of amides is 1. The van der Waals surface area contributed by atoms with Gasteiger partial charge in [0.1, 0.15) is 5.60 Å². The molecule has 5 heteroatoms. The summed E-state index contributed by atoms with van der Waals surface area (Å²) in [6, 6.07) is 7.49. The van der Waals surface area contributed by atoms with Gasteiger partial charge in [-0.2, -0.15) is 0 Å². The largest absolute Gasteiger partial charge is 0.460 e. The summed E-state index contributed by atoms with van der Waals surface area (Å²) >= 11 is 3.37. The molecule has 1 saturated heterocycles. The smallest absolute Gasteiger partial charge is 0.310 e. The first-order valence-electron chi connectivity index (χ1n) is 7.03. The Morgan fingerprint density at radius 1 is 1.38 bits per heavy atom. The fraction of sp³-hybridized carbons (Fsp3) is 0.500. The second kappa shape index (κ2) is 6.18. The molecule has 0 aromatic heterocycles. The molecule has 4 nitrogen and oxygen atoms in total. The van der Waals surface area contributed by atoms with Crippen molar-refractivity contribution in [3.63, 3.8) is 0 Å². The zero-order chi connectivity index (χ0) is 15.6. The van der Waals surface area contributed by atoms with Crippen molar-refractivity contribution in [2.75, 3.05) is 11.4 Å². The molecule has 1 heterocycles. The number of rotatable bonds is 3. The molecular weight excluding hydrogens is 334 g/mol. The van der Waals surface area contributed by atoms with E-state index in [9.17, 15) is 9.59 Å². The van der Waals surface area contributed by atoms with E-state index in [1.807, 2.05) is 45.0 Å². The summed E-state index contributed by atoms with van der Waals surface area (Å²) in [5.41, 5.74) is 1.12. The number of hydrogen-bond donors (Lipinski definition) is 0. The second-order valence-electron chi connectivity index (χ2n) is 6.14. The molecule has 2 rings (SSSR count). The Bertz CT molecular complexity index is 551. The lowest BCUT2D eigenvalue weighted by atomic mass is 10.1. The quantitative estimate of drug-likeness (QED) is 0.619. The number of carbonyl (C=O) groups excluding carboxylic acids is 2. The normalized spacial score (nSPS) is 19.0. The third-order valence-electron chi connectivity index (χ3n) is 3.18. The van der Waals surface area contributed by atoms with Crippen molar-refractivity contribution in [2.24, 2.45) is 0 Å². The van der Waals surface area contributed by atoms with Gasteiger partial charge in [-0.25, -0.2) is 0 Å². The third-order valence-corrected chi connectivity index (χ3v) is 4.03. The minimum absolute atomic E-state index is 0.0478. The molecule has 1 aromatic rings. The Morgan fingerprint density at radius 3 is 2.62 bits per heavy atom. The number of halogens is 1. The molecule has 0 aliphatic carbocycles. The summed E-state index contributed by atoms with van der Waals surface area (Å²) < 4.78 is 5.36. The highest BCUT2D eigenvalue weighted by Crippen LogP contribution is 2.29. The number of ether oxygens (including phenoxy) is 1. The summed E-state index contributed by atoms with van der Waals surface area (Å²) in [5.74, 6) is -0.233. The summed E-state index contributed by atoms with van der Waals surface area (Å²) in [6.07, 6.45) is 0.948. The topological polar surface area (TPSA) is 46.6 Å². The van der Waals surface area contributed by atoms with Crippen molar-refractivity contribution in [3.05, 3.63) is 29.8 Å². The average Bonchev–Trinajstić information content (AvgIpc) is 2.68. The molecule has 1 amide bonds. The van der Waals surface area contributed by atoms with Gasteiger partial charge in [-0.05, 0) is 38.8 Å². The highest BCUT2D eigenvalue weighted by atomic mass is 79.9. The number of hydrogen-bond acceptors (Lipinski definition) is 3. The van der Waals surface area contributed by atoms with Gasteiger partial charge in [-0.1, -0.05) is 34.1 Å². The number of esters is 1. The van der Waals surface area contributed by atoms with Crippen molar-refractivity contribution in [1.82, 2.24) is 0 Å².